The molecule has 0 spiro atoms. The molecule has 6 nitrogen and oxygen atoms in total. The molecule has 1 amide bonds. The first kappa shape index (κ1) is 20.7. The zero-order chi connectivity index (χ0) is 21.5. The fourth-order valence-corrected chi connectivity index (χ4v) is 4.50. The minimum Gasteiger partial charge on any atom is -0.465 e. The molecule has 1 N–H and O–H groups in total. The van der Waals surface area contributed by atoms with Crippen molar-refractivity contribution in [3.8, 4) is 0 Å². The molecule has 1 aromatic carbocycles. The van der Waals surface area contributed by atoms with E-state index in [1.165, 1.54) is 12.0 Å². The average molecular weight is 423 g/mol. The molecule has 1 saturated heterocycles. The number of hydrogen-bond donors (Lipinski definition) is 1. The third-order valence-corrected chi connectivity index (χ3v) is 6.05. The maximum absolute atomic E-state index is 13.0. The Morgan fingerprint density at radius 1 is 1.20 bits per heavy atom. The summed E-state index contributed by atoms with van der Waals surface area (Å²) >= 11 is 0. The maximum Gasteiger partial charge on any atom is 0.401 e. The smallest absolute Gasteiger partial charge is 0.401 e. The van der Waals surface area contributed by atoms with Gasteiger partial charge >= 0.3 is 12.1 Å². The van der Waals surface area contributed by atoms with E-state index in [2.05, 4.69) is 4.98 Å². The quantitative estimate of drug-likeness (QED) is 0.771. The third kappa shape index (κ3) is 4.16. The maximum atomic E-state index is 13.0. The van der Waals surface area contributed by atoms with E-state index in [0.29, 0.717) is 37.9 Å². The van der Waals surface area contributed by atoms with Gasteiger partial charge in [-0.25, -0.2) is 4.79 Å². The van der Waals surface area contributed by atoms with Crippen LogP contribution in [0.5, 0.6) is 0 Å². The number of ether oxygens (including phenoxy) is 1. The molecule has 1 aromatic heterocycles. The van der Waals surface area contributed by atoms with Crippen molar-refractivity contribution in [3.63, 3.8) is 0 Å². The highest BCUT2D eigenvalue weighted by Crippen LogP contribution is 2.31. The Bertz CT molecular complexity index is 962. The van der Waals surface area contributed by atoms with Crippen molar-refractivity contribution in [1.29, 1.82) is 0 Å². The van der Waals surface area contributed by atoms with Gasteiger partial charge in [0.05, 0.1) is 19.2 Å². The Kier molecular flexibility index (Phi) is 5.48. The molecule has 0 aliphatic carbocycles. The number of nitrogens with one attached hydrogen (secondary N) is 1. The SMILES string of the molecule is COC(=O)c1ccc2[nH]c3c(c2c1)CN(C(=O)C1CCN(CC(F)(F)F)CC1)CC3. The molecule has 0 saturated carbocycles. The molecule has 0 bridgehead atoms. The minimum absolute atomic E-state index is 0.00535. The van der Waals surface area contributed by atoms with Crippen molar-refractivity contribution in [2.45, 2.75) is 32.0 Å². The summed E-state index contributed by atoms with van der Waals surface area (Å²) in [5.74, 6) is -0.654. The molecule has 2 aromatic rings. The topological polar surface area (TPSA) is 65.6 Å². The van der Waals surface area contributed by atoms with Crippen LogP contribution < -0.4 is 0 Å². The molecule has 1 fully saturated rings. The number of nitrogens with zero attached hydrogens (tertiary/aromatic N) is 2. The van der Waals surface area contributed by atoms with Crippen LogP contribution in [0.4, 0.5) is 13.2 Å². The van der Waals surface area contributed by atoms with Gasteiger partial charge in [0.2, 0.25) is 5.91 Å². The first-order chi connectivity index (χ1) is 14.2. The van der Waals surface area contributed by atoms with Gasteiger partial charge in [-0.1, -0.05) is 0 Å². The van der Waals surface area contributed by atoms with E-state index in [-0.39, 0.29) is 24.9 Å². The number of halogens is 3. The second kappa shape index (κ2) is 7.94. The van der Waals surface area contributed by atoms with Crippen molar-refractivity contribution in [2.75, 3.05) is 33.3 Å². The van der Waals surface area contributed by atoms with Crippen LogP contribution in [0, 0.1) is 5.92 Å². The molecular weight excluding hydrogens is 399 g/mol. The van der Waals surface area contributed by atoms with Crippen molar-refractivity contribution in [2.24, 2.45) is 5.92 Å². The number of carbonyl (C=O) groups excluding carboxylic acids is 2. The Hall–Kier alpha value is -2.55. The summed E-state index contributed by atoms with van der Waals surface area (Å²) in [6.07, 6.45) is -2.65. The zero-order valence-corrected chi connectivity index (χ0v) is 16.7. The molecule has 4 rings (SSSR count). The normalized spacial score (nSPS) is 18.5. The van der Waals surface area contributed by atoms with E-state index >= 15 is 0 Å². The number of esters is 1. The average Bonchev–Trinajstić information content (AvgIpc) is 3.09. The number of hydrogen-bond acceptors (Lipinski definition) is 4. The lowest BCUT2D eigenvalue weighted by atomic mass is 9.93. The van der Waals surface area contributed by atoms with Gasteiger partial charge < -0.3 is 14.6 Å². The van der Waals surface area contributed by atoms with Gasteiger partial charge in [0, 0.05) is 47.6 Å². The summed E-state index contributed by atoms with van der Waals surface area (Å²) < 4.78 is 42.5. The minimum atomic E-state index is -4.21. The van der Waals surface area contributed by atoms with Crippen molar-refractivity contribution in [3.05, 3.63) is 35.0 Å². The lowest BCUT2D eigenvalue weighted by Gasteiger charge is -2.35. The summed E-state index contributed by atoms with van der Waals surface area (Å²) in [7, 11) is 1.33. The number of rotatable bonds is 3. The fourth-order valence-electron chi connectivity index (χ4n) is 4.50. The number of benzene rings is 1. The predicted octanol–water partition coefficient (Wildman–Crippen LogP) is 3.11. The zero-order valence-electron chi connectivity index (χ0n) is 16.7. The van der Waals surface area contributed by atoms with E-state index < -0.39 is 18.7 Å². The van der Waals surface area contributed by atoms with E-state index in [1.54, 1.807) is 17.0 Å². The van der Waals surface area contributed by atoms with Crippen LogP contribution in [0.25, 0.3) is 10.9 Å². The number of piperidine rings is 1. The van der Waals surface area contributed by atoms with E-state index in [4.69, 9.17) is 4.74 Å². The molecule has 30 heavy (non-hydrogen) atoms. The number of H-pyrrole nitrogens is 1. The highest BCUT2D eigenvalue weighted by Gasteiger charge is 2.35. The highest BCUT2D eigenvalue weighted by atomic mass is 19.4. The Labute approximate surface area is 172 Å². The highest BCUT2D eigenvalue weighted by molar-refractivity contribution is 5.96. The summed E-state index contributed by atoms with van der Waals surface area (Å²) in [6.45, 7) is 0.654. The van der Waals surface area contributed by atoms with Crippen LogP contribution in [-0.2, 0) is 22.5 Å². The van der Waals surface area contributed by atoms with E-state index in [9.17, 15) is 22.8 Å². The first-order valence-corrected chi connectivity index (χ1v) is 10.0. The summed E-state index contributed by atoms with van der Waals surface area (Å²) in [6, 6.07) is 5.32. The van der Waals surface area contributed by atoms with Gasteiger partial charge in [-0.2, -0.15) is 13.2 Å². The van der Waals surface area contributed by atoms with E-state index in [0.717, 1.165) is 22.2 Å². The van der Waals surface area contributed by atoms with Crippen molar-refractivity contribution < 1.29 is 27.5 Å². The first-order valence-electron chi connectivity index (χ1n) is 10.0. The Morgan fingerprint density at radius 3 is 2.60 bits per heavy atom. The van der Waals surface area contributed by atoms with E-state index in [1.807, 2.05) is 6.07 Å². The third-order valence-electron chi connectivity index (χ3n) is 6.05. The molecule has 2 aliphatic rings. The molecule has 3 heterocycles. The summed E-state index contributed by atoms with van der Waals surface area (Å²) in [5, 5.41) is 0.894. The largest absolute Gasteiger partial charge is 0.465 e. The van der Waals surface area contributed by atoms with Crippen molar-refractivity contribution >= 4 is 22.8 Å². The van der Waals surface area contributed by atoms with Crippen molar-refractivity contribution in [1.82, 2.24) is 14.8 Å². The monoisotopic (exact) mass is 423 g/mol. The molecular formula is C21H24F3N3O3. The van der Waals surface area contributed by atoms with Gasteiger partial charge in [0.1, 0.15) is 0 Å². The lowest BCUT2D eigenvalue weighted by Crippen LogP contribution is -2.46. The number of aromatic nitrogens is 1. The summed E-state index contributed by atoms with van der Waals surface area (Å²) in [4.78, 5) is 31.4. The molecule has 2 aliphatic heterocycles. The number of fused-ring (bicyclic) bond motifs is 3. The van der Waals surface area contributed by atoms with Crippen LogP contribution in [0.1, 0.15) is 34.5 Å². The van der Waals surface area contributed by atoms with Crippen LogP contribution in [0.3, 0.4) is 0 Å². The standard InChI is InChI=1S/C21H24F3N3O3/c1-30-20(29)14-2-3-17-15(10-14)16-11-27(9-6-18(16)25-17)19(28)13-4-7-26(8-5-13)12-21(22,23)24/h2-3,10,13,25H,4-9,11-12H2,1H3. The molecule has 162 valence electrons. The molecule has 0 radical (unpaired) electrons. The molecule has 0 atom stereocenters. The fraction of sp³-hybridized carbons (Fsp3) is 0.524. The van der Waals surface area contributed by atoms with Crippen LogP contribution in [0.15, 0.2) is 18.2 Å². The van der Waals surface area contributed by atoms with Gasteiger partial charge in [-0.05, 0) is 44.1 Å². The number of alkyl halides is 3. The number of likely N-dealkylation sites (tertiary alicyclic amines) is 1. The van der Waals surface area contributed by atoms with Gasteiger partial charge in [-0.15, -0.1) is 0 Å². The Morgan fingerprint density at radius 2 is 1.93 bits per heavy atom. The van der Waals surface area contributed by atoms with Gasteiger partial charge in [-0.3, -0.25) is 9.69 Å². The molecule has 9 heteroatoms. The Balaban J connectivity index is 1.46. The van der Waals surface area contributed by atoms with Gasteiger partial charge in [0.15, 0.2) is 0 Å². The number of aromatic amines is 1. The second-order valence-corrected chi connectivity index (χ2v) is 8.01. The van der Waals surface area contributed by atoms with Gasteiger partial charge in [0.25, 0.3) is 0 Å². The van der Waals surface area contributed by atoms with Crippen LogP contribution >= 0.6 is 0 Å². The number of amides is 1. The van der Waals surface area contributed by atoms with Crippen LogP contribution in [-0.4, -0.2) is 66.1 Å². The number of methoxy groups -OCH3 is 1. The second-order valence-electron chi connectivity index (χ2n) is 8.01. The predicted molar refractivity (Wildman–Crippen MR) is 104 cm³/mol. The molecule has 0 unspecified atom stereocenters. The number of carbonyl (C=O) groups is 2. The van der Waals surface area contributed by atoms with Crippen LogP contribution in [0.2, 0.25) is 0 Å². The summed E-state index contributed by atoms with van der Waals surface area (Å²) in [5.41, 5.74) is 3.40. The lowest BCUT2D eigenvalue weighted by molar-refractivity contribution is -0.151.